The molecule has 144 valence electrons. The number of aliphatic imine (C=N–C) groups is 1. The van der Waals surface area contributed by atoms with Crippen molar-refractivity contribution in [3.63, 3.8) is 0 Å². The lowest BCUT2D eigenvalue weighted by Crippen LogP contribution is -2.50. The molecule has 7 heteroatoms. The number of piperidine rings is 1. The quantitative estimate of drug-likeness (QED) is 0.532. The maximum atomic E-state index is 12.0. The highest BCUT2D eigenvalue weighted by atomic mass is 16.1. The van der Waals surface area contributed by atoms with Crippen molar-refractivity contribution in [2.75, 3.05) is 32.0 Å². The lowest BCUT2D eigenvalue weighted by atomic mass is 10.0. The second kappa shape index (κ2) is 10.1. The molecule has 0 atom stereocenters. The molecule has 7 nitrogen and oxygen atoms in total. The summed E-state index contributed by atoms with van der Waals surface area (Å²) in [6.45, 7) is 9.20. The SMILES string of the molecule is CN=C(NCCC(=O)Nc1ccc(C)cn1)NC1CCN(C(C)C)CC1. The first kappa shape index (κ1) is 20.2. The van der Waals surface area contributed by atoms with Crippen molar-refractivity contribution in [1.82, 2.24) is 20.5 Å². The van der Waals surface area contributed by atoms with Crippen LogP contribution in [-0.2, 0) is 4.79 Å². The first-order chi connectivity index (χ1) is 12.5. The molecule has 1 amide bonds. The van der Waals surface area contributed by atoms with E-state index < -0.39 is 0 Å². The summed E-state index contributed by atoms with van der Waals surface area (Å²) in [6, 6.07) is 4.78. The Hall–Kier alpha value is -2.15. The van der Waals surface area contributed by atoms with Crippen LogP contribution in [0.4, 0.5) is 5.82 Å². The summed E-state index contributed by atoms with van der Waals surface area (Å²) in [5.41, 5.74) is 1.07. The van der Waals surface area contributed by atoms with Gasteiger partial charge in [0.05, 0.1) is 0 Å². The number of rotatable bonds is 6. The third-order valence-corrected chi connectivity index (χ3v) is 4.65. The van der Waals surface area contributed by atoms with Crippen molar-refractivity contribution >= 4 is 17.7 Å². The van der Waals surface area contributed by atoms with Gasteiger partial charge in [-0.3, -0.25) is 9.79 Å². The molecule has 0 saturated carbocycles. The topological polar surface area (TPSA) is 81.6 Å². The van der Waals surface area contributed by atoms with Gasteiger partial charge in [-0.1, -0.05) is 6.07 Å². The van der Waals surface area contributed by atoms with Gasteiger partial charge in [-0.2, -0.15) is 0 Å². The molecule has 0 spiro atoms. The summed E-state index contributed by atoms with van der Waals surface area (Å²) in [4.78, 5) is 22.9. The molecule has 0 aromatic carbocycles. The van der Waals surface area contributed by atoms with E-state index in [0.29, 0.717) is 30.9 Å². The van der Waals surface area contributed by atoms with Crippen molar-refractivity contribution in [3.05, 3.63) is 23.9 Å². The highest BCUT2D eigenvalue weighted by Crippen LogP contribution is 2.12. The van der Waals surface area contributed by atoms with Crippen molar-refractivity contribution in [2.45, 2.75) is 52.1 Å². The summed E-state index contributed by atoms with van der Waals surface area (Å²) < 4.78 is 0. The van der Waals surface area contributed by atoms with Crippen LogP contribution < -0.4 is 16.0 Å². The van der Waals surface area contributed by atoms with Crippen molar-refractivity contribution in [1.29, 1.82) is 0 Å². The number of nitrogens with one attached hydrogen (secondary N) is 3. The third kappa shape index (κ3) is 6.63. The lowest BCUT2D eigenvalue weighted by molar-refractivity contribution is -0.116. The molecule has 1 aliphatic rings. The van der Waals surface area contributed by atoms with E-state index in [1.165, 1.54) is 0 Å². The maximum Gasteiger partial charge on any atom is 0.227 e. The molecular weight excluding hydrogens is 328 g/mol. The zero-order chi connectivity index (χ0) is 18.9. The van der Waals surface area contributed by atoms with Gasteiger partial charge in [0.25, 0.3) is 0 Å². The lowest BCUT2D eigenvalue weighted by Gasteiger charge is -2.35. The highest BCUT2D eigenvalue weighted by molar-refractivity contribution is 5.90. The molecule has 1 saturated heterocycles. The Kier molecular flexibility index (Phi) is 7.84. The van der Waals surface area contributed by atoms with E-state index in [1.807, 2.05) is 19.1 Å². The molecule has 26 heavy (non-hydrogen) atoms. The van der Waals surface area contributed by atoms with E-state index in [0.717, 1.165) is 37.5 Å². The van der Waals surface area contributed by atoms with Crippen molar-refractivity contribution in [3.8, 4) is 0 Å². The first-order valence-corrected chi connectivity index (χ1v) is 9.41. The van der Waals surface area contributed by atoms with Gasteiger partial charge >= 0.3 is 0 Å². The van der Waals surface area contributed by atoms with Crippen LogP contribution in [-0.4, -0.2) is 60.5 Å². The summed E-state index contributed by atoms with van der Waals surface area (Å²) in [5.74, 6) is 1.28. The smallest absolute Gasteiger partial charge is 0.227 e. The number of carbonyl (C=O) groups is 1. The second-order valence-electron chi connectivity index (χ2n) is 7.07. The Morgan fingerprint density at radius 1 is 1.35 bits per heavy atom. The Balaban J connectivity index is 1.67. The molecule has 3 N–H and O–H groups in total. The number of hydrogen-bond donors (Lipinski definition) is 3. The monoisotopic (exact) mass is 360 g/mol. The van der Waals surface area contributed by atoms with Crippen LogP contribution in [0.15, 0.2) is 23.3 Å². The van der Waals surface area contributed by atoms with Gasteiger partial charge in [-0.15, -0.1) is 0 Å². The molecule has 2 heterocycles. The molecule has 0 bridgehead atoms. The number of pyridine rings is 1. The normalized spacial score (nSPS) is 16.6. The molecule has 1 fully saturated rings. The summed E-state index contributed by atoms with van der Waals surface area (Å²) >= 11 is 0. The van der Waals surface area contributed by atoms with Gasteiger partial charge in [0.1, 0.15) is 5.82 Å². The van der Waals surface area contributed by atoms with E-state index in [2.05, 4.69) is 44.7 Å². The summed E-state index contributed by atoms with van der Waals surface area (Å²) in [7, 11) is 1.76. The molecule has 1 aliphatic heterocycles. The molecule has 0 radical (unpaired) electrons. The summed E-state index contributed by atoms with van der Waals surface area (Å²) in [6.07, 6.45) is 4.32. The zero-order valence-corrected chi connectivity index (χ0v) is 16.4. The zero-order valence-electron chi connectivity index (χ0n) is 16.4. The number of amides is 1. The predicted octanol–water partition coefficient (Wildman–Crippen LogP) is 1.76. The van der Waals surface area contributed by atoms with Crippen LogP contribution in [0.2, 0.25) is 0 Å². The number of aromatic nitrogens is 1. The fraction of sp³-hybridized carbons (Fsp3) is 0.632. The van der Waals surface area contributed by atoms with Crippen LogP contribution in [0.5, 0.6) is 0 Å². The first-order valence-electron chi connectivity index (χ1n) is 9.41. The molecular formula is C19H32N6O. The second-order valence-corrected chi connectivity index (χ2v) is 7.07. The number of likely N-dealkylation sites (tertiary alicyclic amines) is 1. The molecule has 1 aromatic rings. The van der Waals surface area contributed by atoms with Gasteiger partial charge in [-0.05, 0) is 45.2 Å². The van der Waals surface area contributed by atoms with Crippen LogP contribution in [0, 0.1) is 6.92 Å². The number of anilines is 1. The van der Waals surface area contributed by atoms with Crippen LogP contribution >= 0.6 is 0 Å². The fourth-order valence-electron chi connectivity index (χ4n) is 2.99. The Bertz CT molecular complexity index is 591. The number of guanidine groups is 1. The van der Waals surface area contributed by atoms with E-state index >= 15 is 0 Å². The number of hydrogen-bond acceptors (Lipinski definition) is 4. The maximum absolute atomic E-state index is 12.0. The van der Waals surface area contributed by atoms with E-state index in [4.69, 9.17) is 0 Å². The van der Waals surface area contributed by atoms with Gasteiger partial charge in [-0.25, -0.2) is 4.98 Å². The van der Waals surface area contributed by atoms with Gasteiger partial charge in [0.15, 0.2) is 5.96 Å². The third-order valence-electron chi connectivity index (χ3n) is 4.65. The molecule has 0 unspecified atom stereocenters. The Labute approximate surface area is 156 Å². The van der Waals surface area contributed by atoms with Gasteiger partial charge < -0.3 is 20.9 Å². The van der Waals surface area contributed by atoms with Gasteiger partial charge in [0.2, 0.25) is 5.91 Å². The largest absolute Gasteiger partial charge is 0.356 e. The number of carbonyl (C=O) groups excluding carboxylic acids is 1. The van der Waals surface area contributed by atoms with E-state index in [1.54, 1.807) is 13.2 Å². The fourth-order valence-corrected chi connectivity index (χ4v) is 2.99. The number of nitrogens with zero attached hydrogens (tertiary/aromatic N) is 3. The molecule has 0 aliphatic carbocycles. The minimum absolute atomic E-state index is 0.0606. The molecule has 2 rings (SSSR count). The van der Waals surface area contributed by atoms with E-state index in [9.17, 15) is 4.79 Å². The average Bonchev–Trinajstić information content (AvgIpc) is 2.63. The Morgan fingerprint density at radius 2 is 2.08 bits per heavy atom. The van der Waals surface area contributed by atoms with Crippen LogP contribution in [0.25, 0.3) is 0 Å². The van der Waals surface area contributed by atoms with Crippen molar-refractivity contribution < 1.29 is 4.79 Å². The van der Waals surface area contributed by atoms with Crippen molar-refractivity contribution in [2.24, 2.45) is 4.99 Å². The minimum Gasteiger partial charge on any atom is -0.356 e. The standard InChI is InChI=1S/C19H32N6O/c1-14(2)25-11-8-16(9-12-25)23-19(20-4)21-10-7-18(26)24-17-6-5-15(3)13-22-17/h5-6,13-14,16H,7-12H2,1-4H3,(H2,20,21,23)(H,22,24,26). The number of aryl methyl sites for hydroxylation is 1. The molecule has 1 aromatic heterocycles. The van der Waals surface area contributed by atoms with E-state index in [-0.39, 0.29) is 5.91 Å². The summed E-state index contributed by atoms with van der Waals surface area (Å²) in [5, 5.41) is 9.49. The highest BCUT2D eigenvalue weighted by Gasteiger charge is 2.21. The predicted molar refractivity (Wildman–Crippen MR) is 106 cm³/mol. The average molecular weight is 361 g/mol. The van der Waals surface area contributed by atoms with Crippen LogP contribution in [0.3, 0.4) is 0 Å². The van der Waals surface area contributed by atoms with Gasteiger partial charge in [0, 0.05) is 51.4 Å². The Morgan fingerprint density at radius 3 is 2.65 bits per heavy atom. The minimum atomic E-state index is -0.0606. The van der Waals surface area contributed by atoms with Crippen LogP contribution in [0.1, 0.15) is 38.7 Å².